The minimum absolute atomic E-state index is 0.0317. The van der Waals surface area contributed by atoms with E-state index in [-0.39, 0.29) is 17.7 Å². The average Bonchev–Trinajstić information content (AvgIpc) is 3.00. The molecule has 0 radical (unpaired) electrons. The van der Waals surface area contributed by atoms with Crippen LogP contribution >= 0.6 is 0 Å². The van der Waals surface area contributed by atoms with Gasteiger partial charge in [0.1, 0.15) is 0 Å². The highest BCUT2D eigenvalue weighted by Crippen LogP contribution is 2.34. The number of alkyl halides is 3. The van der Waals surface area contributed by atoms with Crippen LogP contribution in [0, 0.1) is 0 Å². The molecule has 1 aliphatic carbocycles. The summed E-state index contributed by atoms with van der Waals surface area (Å²) in [4.78, 5) is 4.02. The van der Waals surface area contributed by atoms with E-state index < -0.39 is 11.7 Å². The lowest BCUT2D eigenvalue weighted by molar-refractivity contribution is -0.136. The van der Waals surface area contributed by atoms with E-state index in [9.17, 15) is 13.2 Å². The topological polar surface area (TPSA) is 50.4 Å². The Morgan fingerprint density at radius 3 is 2.53 bits per heavy atom. The quantitative estimate of drug-likeness (QED) is 0.619. The Balaban J connectivity index is 2.20. The van der Waals surface area contributed by atoms with Gasteiger partial charge in [-0.05, 0) is 25.0 Å². The largest absolute Gasteiger partial charge is 0.418 e. The van der Waals surface area contributed by atoms with Crippen molar-refractivity contribution in [3.05, 3.63) is 29.8 Å². The molecule has 0 atom stereocenters. The number of anilines is 1. The number of nitrogens with one attached hydrogen (secondary N) is 1. The third kappa shape index (κ3) is 3.12. The molecular formula is C11H12F3N3. The van der Waals surface area contributed by atoms with Gasteiger partial charge in [0.15, 0.2) is 5.96 Å². The number of hydrogen-bond donors (Lipinski definition) is 2. The van der Waals surface area contributed by atoms with Crippen molar-refractivity contribution in [1.82, 2.24) is 0 Å². The van der Waals surface area contributed by atoms with Crippen molar-refractivity contribution in [2.75, 3.05) is 5.32 Å². The molecule has 0 amide bonds. The smallest absolute Gasteiger partial charge is 0.370 e. The SMILES string of the molecule is NC(=NC1CC1)Nc1ccccc1C(F)(F)F. The van der Waals surface area contributed by atoms with Gasteiger partial charge in [-0.2, -0.15) is 13.2 Å². The summed E-state index contributed by atoms with van der Waals surface area (Å²) < 4.78 is 38.0. The number of aliphatic imine (C=N–C) groups is 1. The maximum Gasteiger partial charge on any atom is 0.418 e. The number of halogens is 3. The number of nitrogens with zero attached hydrogens (tertiary/aromatic N) is 1. The van der Waals surface area contributed by atoms with E-state index in [0.717, 1.165) is 18.9 Å². The molecule has 1 aromatic rings. The molecule has 0 aliphatic heterocycles. The summed E-state index contributed by atoms with van der Waals surface area (Å²) in [6, 6.07) is 5.36. The third-order valence-electron chi connectivity index (χ3n) is 2.36. The normalized spacial score (nSPS) is 17.0. The highest BCUT2D eigenvalue weighted by Gasteiger charge is 2.33. The zero-order chi connectivity index (χ0) is 12.5. The first kappa shape index (κ1) is 11.8. The summed E-state index contributed by atoms with van der Waals surface area (Å²) in [7, 11) is 0. The summed E-state index contributed by atoms with van der Waals surface area (Å²) in [5.74, 6) is 0.0317. The van der Waals surface area contributed by atoms with E-state index in [4.69, 9.17) is 5.73 Å². The Morgan fingerprint density at radius 1 is 1.29 bits per heavy atom. The van der Waals surface area contributed by atoms with Crippen LogP contribution in [0.5, 0.6) is 0 Å². The monoisotopic (exact) mass is 243 g/mol. The summed E-state index contributed by atoms with van der Waals surface area (Å²) in [6.07, 6.45) is -2.50. The highest BCUT2D eigenvalue weighted by molar-refractivity contribution is 5.93. The van der Waals surface area contributed by atoms with Gasteiger partial charge in [0.05, 0.1) is 17.3 Å². The zero-order valence-electron chi connectivity index (χ0n) is 8.96. The van der Waals surface area contributed by atoms with Crippen LogP contribution < -0.4 is 11.1 Å². The van der Waals surface area contributed by atoms with Gasteiger partial charge in [-0.1, -0.05) is 12.1 Å². The standard InChI is InChI=1S/C11H12F3N3/c12-11(13,14)8-3-1-2-4-9(8)17-10(15)16-7-5-6-7/h1-4,7H,5-6H2,(H3,15,16,17). The van der Waals surface area contributed by atoms with Gasteiger partial charge >= 0.3 is 6.18 Å². The molecule has 92 valence electrons. The van der Waals surface area contributed by atoms with E-state index in [0.29, 0.717) is 0 Å². The molecule has 0 unspecified atom stereocenters. The Kier molecular flexibility index (Phi) is 2.95. The first-order valence-corrected chi connectivity index (χ1v) is 5.23. The predicted octanol–water partition coefficient (Wildman–Crippen LogP) is 2.59. The maximum absolute atomic E-state index is 12.7. The fourth-order valence-corrected chi connectivity index (χ4v) is 1.41. The highest BCUT2D eigenvalue weighted by atomic mass is 19.4. The molecule has 0 heterocycles. The second-order valence-electron chi connectivity index (χ2n) is 3.91. The first-order chi connectivity index (χ1) is 7.97. The van der Waals surface area contributed by atoms with Crippen LogP contribution in [0.3, 0.4) is 0 Å². The van der Waals surface area contributed by atoms with Crippen LogP contribution in [0.15, 0.2) is 29.3 Å². The van der Waals surface area contributed by atoms with Gasteiger partial charge in [0.2, 0.25) is 0 Å². The van der Waals surface area contributed by atoms with E-state index in [1.807, 2.05) is 0 Å². The van der Waals surface area contributed by atoms with E-state index in [1.165, 1.54) is 18.2 Å². The molecule has 17 heavy (non-hydrogen) atoms. The Bertz CT molecular complexity index is 436. The molecule has 2 rings (SSSR count). The minimum Gasteiger partial charge on any atom is -0.370 e. The zero-order valence-corrected chi connectivity index (χ0v) is 8.96. The second kappa shape index (κ2) is 4.27. The van der Waals surface area contributed by atoms with Gasteiger partial charge in [-0.25, -0.2) is 4.99 Å². The second-order valence-corrected chi connectivity index (χ2v) is 3.91. The summed E-state index contributed by atoms with van der Waals surface area (Å²) in [5.41, 5.74) is 4.72. The molecule has 1 fully saturated rings. The summed E-state index contributed by atoms with van der Waals surface area (Å²) in [5, 5.41) is 2.50. The van der Waals surface area contributed by atoms with E-state index in [2.05, 4.69) is 10.3 Å². The molecule has 0 bridgehead atoms. The molecular weight excluding hydrogens is 231 g/mol. The van der Waals surface area contributed by atoms with Crippen molar-refractivity contribution in [2.45, 2.75) is 25.1 Å². The number of rotatable bonds is 2. The average molecular weight is 243 g/mol. The predicted molar refractivity (Wildman–Crippen MR) is 59.7 cm³/mol. The van der Waals surface area contributed by atoms with Gasteiger partial charge in [-0.3, -0.25) is 0 Å². The molecule has 0 aromatic heterocycles. The van der Waals surface area contributed by atoms with Gasteiger partial charge < -0.3 is 11.1 Å². The summed E-state index contributed by atoms with van der Waals surface area (Å²) >= 11 is 0. The number of hydrogen-bond acceptors (Lipinski definition) is 1. The molecule has 6 heteroatoms. The molecule has 3 N–H and O–H groups in total. The van der Waals surface area contributed by atoms with Crippen LogP contribution in [-0.4, -0.2) is 12.0 Å². The fourth-order valence-electron chi connectivity index (χ4n) is 1.41. The lowest BCUT2D eigenvalue weighted by Gasteiger charge is -2.13. The Hall–Kier alpha value is -1.72. The van der Waals surface area contributed by atoms with Gasteiger partial charge in [0.25, 0.3) is 0 Å². The van der Waals surface area contributed by atoms with Crippen LogP contribution in [0.25, 0.3) is 0 Å². The molecule has 3 nitrogen and oxygen atoms in total. The van der Waals surface area contributed by atoms with Crippen molar-refractivity contribution in [1.29, 1.82) is 0 Å². The van der Waals surface area contributed by atoms with Crippen molar-refractivity contribution < 1.29 is 13.2 Å². The number of para-hydroxylation sites is 1. The van der Waals surface area contributed by atoms with E-state index >= 15 is 0 Å². The fraction of sp³-hybridized carbons (Fsp3) is 0.364. The Morgan fingerprint density at radius 2 is 1.94 bits per heavy atom. The number of nitrogens with two attached hydrogens (primary N) is 1. The van der Waals surface area contributed by atoms with E-state index in [1.54, 1.807) is 0 Å². The molecule has 1 aliphatic rings. The maximum atomic E-state index is 12.7. The molecule has 0 saturated heterocycles. The van der Waals surface area contributed by atoms with Crippen molar-refractivity contribution in [3.63, 3.8) is 0 Å². The minimum atomic E-state index is -4.40. The third-order valence-corrected chi connectivity index (χ3v) is 2.36. The lowest BCUT2D eigenvalue weighted by atomic mass is 10.1. The molecule has 1 aromatic carbocycles. The lowest BCUT2D eigenvalue weighted by Crippen LogP contribution is -2.24. The van der Waals surface area contributed by atoms with Crippen LogP contribution in [0.2, 0.25) is 0 Å². The van der Waals surface area contributed by atoms with Crippen LogP contribution in [0.4, 0.5) is 18.9 Å². The molecule has 1 saturated carbocycles. The van der Waals surface area contributed by atoms with Crippen molar-refractivity contribution in [3.8, 4) is 0 Å². The first-order valence-electron chi connectivity index (χ1n) is 5.23. The van der Waals surface area contributed by atoms with Crippen molar-refractivity contribution >= 4 is 11.6 Å². The number of benzene rings is 1. The Labute approximate surface area is 96.5 Å². The van der Waals surface area contributed by atoms with Gasteiger partial charge in [0, 0.05) is 0 Å². The van der Waals surface area contributed by atoms with Crippen molar-refractivity contribution in [2.24, 2.45) is 10.7 Å². The van der Waals surface area contributed by atoms with Crippen LogP contribution in [-0.2, 0) is 6.18 Å². The number of guanidine groups is 1. The van der Waals surface area contributed by atoms with Gasteiger partial charge in [-0.15, -0.1) is 0 Å². The molecule has 0 spiro atoms. The summed E-state index contributed by atoms with van der Waals surface area (Å²) in [6.45, 7) is 0. The van der Waals surface area contributed by atoms with Crippen LogP contribution in [0.1, 0.15) is 18.4 Å².